The summed E-state index contributed by atoms with van der Waals surface area (Å²) < 4.78 is 31.0. The van der Waals surface area contributed by atoms with Crippen molar-refractivity contribution in [1.29, 1.82) is 0 Å². The minimum Gasteiger partial charge on any atom is -0.316 e. The third-order valence-electron chi connectivity index (χ3n) is 4.21. The van der Waals surface area contributed by atoms with E-state index in [2.05, 4.69) is 14.1 Å². The molecule has 6 nitrogen and oxygen atoms in total. The van der Waals surface area contributed by atoms with Crippen LogP contribution in [0.25, 0.3) is 11.4 Å². The molecule has 8 heteroatoms. The highest BCUT2D eigenvalue weighted by atomic mass is 32.2. The number of hydrogen-bond donors (Lipinski definition) is 1. The van der Waals surface area contributed by atoms with Crippen LogP contribution < -0.4 is 9.62 Å². The van der Waals surface area contributed by atoms with E-state index >= 15 is 0 Å². The third-order valence-corrected chi connectivity index (χ3v) is 6.36. The summed E-state index contributed by atoms with van der Waals surface area (Å²) >= 11 is 1.32. The zero-order chi connectivity index (χ0) is 17.4. The molecule has 0 atom stereocenters. The summed E-state index contributed by atoms with van der Waals surface area (Å²) in [5, 5.41) is 0.775. The van der Waals surface area contributed by atoms with Crippen molar-refractivity contribution in [1.82, 2.24) is 14.1 Å². The van der Waals surface area contributed by atoms with E-state index < -0.39 is 10.0 Å². The molecule has 0 saturated carbocycles. The molecule has 0 bridgehead atoms. The van der Waals surface area contributed by atoms with Gasteiger partial charge in [0.05, 0.1) is 4.90 Å². The summed E-state index contributed by atoms with van der Waals surface area (Å²) in [7, 11) is -2.06. The lowest BCUT2D eigenvalue weighted by atomic mass is 10.2. The van der Waals surface area contributed by atoms with E-state index in [9.17, 15) is 8.42 Å². The van der Waals surface area contributed by atoms with Gasteiger partial charge in [-0.05, 0) is 31.2 Å². The molecule has 0 unspecified atom stereocenters. The first-order chi connectivity index (χ1) is 12.1. The molecule has 0 saturated heterocycles. The second-order valence-corrected chi connectivity index (χ2v) is 8.28. The Kier molecular flexibility index (Phi) is 4.03. The minimum atomic E-state index is -3.47. The molecule has 0 aliphatic carbocycles. The summed E-state index contributed by atoms with van der Waals surface area (Å²) in [4.78, 5) is 6.94. The van der Waals surface area contributed by atoms with Crippen molar-refractivity contribution in [3.63, 3.8) is 0 Å². The zero-order valence-corrected chi connectivity index (χ0v) is 15.1. The number of benzene rings is 2. The Balaban J connectivity index is 1.71. The quantitative estimate of drug-likeness (QED) is 0.762. The van der Waals surface area contributed by atoms with E-state index in [0.717, 1.165) is 34.9 Å². The summed E-state index contributed by atoms with van der Waals surface area (Å²) in [6.07, 6.45) is 0.857. The van der Waals surface area contributed by atoms with Crippen LogP contribution in [-0.2, 0) is 16.4 Å². The van der Waals surface area contributed by atoms with E-state index in [0.29, 0.717) is 5.82 Å². The fourth-order valence-corrected chi connectivity index (χ4v) is 4.35. The van der Waals surface area contributed by atoms with E-state index in [1.54, 1.807) is 12.1 Å². The van der Waals surface area contributed by atoms with Gasteiger partial charge in [0.2, 0.25) is 15.2 Å². The molecule has 1 N–H and O–H groups in total. The summed E-state index contributed by atoms with van der Waals surface area (Å²) in [6.45, 7) is 0.766. The molecule has 0 fully saturated rings. The Morgan fingerprint density at radius 3 is 2.72 bits per heavy atom. The van der Waals surface area contributed by atoms with Crippen LogP contribution in [-0.4, -0.2) is 31.4 Å². The molecule has 1 aliphatic rings. The second-order valence-electron chi connectivity index (χ2n) is 5.67. The Bertz CT molecular complexity index is 1020. The predicted octanol–water partition coefficient (Wildman–Crippen LogP) is 2.81. The first kappa shape index (κ1) is 16.2. The lowest BCUT2D eigenvalue weighted by Crippen LogP contribution is -2.19. The van der Waals surface area contributed by atoms with Crippen LogP contribution in [0.15, 0.2) is 53.4 Å². The predicted molar refractivity (Wildman–Crippen MR) is 98.7 cm³/mol. The van der Waals surface area contributed by atoms with Gasteiger partial charge >= 0.3 is 0 Å². The molecule has 1 aromatic heterocycles. The maximum atomic E-state index is 12.1. The normalized spacial score (nSPS) is 13.9. The van der Waals surface area contributed by atoms with E-state index in [1.807, 2.05) is 41.3 Å². The molecule has 4 rings (SSSR count). The molecule has 0 radical (unpaired) electrons. The van der Waals surface area contributed by atoms with Crippen LogP contribution in [0.5, 0.6) is 0 Å². The first-order valence-corrected chi connectivity index (χ1v) is 10.1. The summed E-state index contributed by atoms with van der Waals surface area (Å²) in [5.41, 5.74) is 2.97. The van der Waals surface area contributed by atoms with Crippen LogP contribution in [0.1, 0.15) is 5.56 Å². The summed E-state index contributed by atoms with van der Waals surface area (Å²) in [6, 6.07) is 15.0. The van der Waals surface area contributed by atoms with Crippen molar-refractivity contribution in [2.24, 2.45) is 0 Å². The van der Waals surface area contributed by atoms with E-state index in [4.69, 9.17) is 0 Å². The van der Waals surface area contributed by atoms with Gasteiger partial charge in [0, 0.05) is 29.3 Å². The lowest BCUT2D eigenvalue weighted by molar-refractivity contribution is 0.588. The van der Waals surface area contributed by atoms with Gasteiger partial charge in [0.1, 0.15) is 0 Å². The Hall–Kier alpha value is -2.29. The van der Waals surface area contributed by atoms with Gasteiger partial charge in [0.25, 0.3) is 0 Å². The van der Waals surface area contributed by atoms with Gasteiger partial charge < -0.3 is 4.90 Å². The van der Waals surface area contributed by atoms with Crippen LogP contribution in [0.3, 0.4) is 0 Å². The van der Waals surface area contributed by atoms with Crippen molar-refractivity contribution < 1.29 is 8.42 Å². The molecule has 128 valence electrons. The summed E-state index contributed by atoms with van der Waals surface area (Å²) in [5.74, 6) is 0.688. The monoisotopic (exact) mass is 372 g/mol. The van der Waals surface area contributed by atoms with Gasteiger partial charge in [-0.3, -0.25) is 0 Å². The molecule has 2 heterocycles. The first-order valence-electron chi connectivity index (χ1n) is 7.81. The smallest absolute Gasteiger partial charge is 0.240 e. The van der Waals surface area contributed by atoms with Gasteiger partial charge in [-0.15, -0.1) is 0 Å². The van der Waals surface area contributed by atoms with Gasteiger partial charge in [-0.25, -0.2) is 13.1 Å². The second kappa shape index (κ2) is 6.21. The highest BCUT2D eigenvalue weighted by Crippen LogP contribution is 2.37. The number of hydrogen-bond acceptors (Lipinski definition) is 6. The van der Waals surface area contributed by atoms with Gasteiger partial charge in [-0.2, -0.15) is 9.36 Å². The number of nitrogens with one attached hydrogen (secondary N) is 1. The lowest BCUT2D eigenvalue weighted by Gasteiger charge is -2.16. The number of anilines is 2. The number of fused-ring (bicyclic) bond motifs is 1. The molecule has 25 heavy (non-hydrogen) atoms. The minimum absolute atomic E-state index is 0.258. The van der Waals surface area contributed by atoms with Crippen molar-refractivity contribution in [3.05, 3.63) is 54.1 Å². The van der Waals surface area contributed by atoms with Crippen molar-refractivity contribution in [2.45, 2.75) is 11.3 Å². The Morgan fingerprint density at radius 1 is 1.16 bits per heavy atom. The number of rotatable bonds is 4. The fourth-order valence-electron chi connectivity index (χ4n) is 2.87. The molecule has 0 spiro atoms. The van der Waals surface area contributed by atoms with Crippen molar-refractivity contribution >= 4 is 32.4 Å². The van der Waals surface area contributed by atoms with Crippen LogP contribution in [0, 0.1) is 0 Å². The van der Waals surface area contributed by atoms with Crippen LogP contribution in [0.2, 0.25) is 0 Å². The highest BCUT2D eigenvalue weighted by molar-refractivity contribution is 7.89. The topological polar surface area (TPSA) is 75.2 Å². The van der Waals surface area contributed by atoms with Crippen LogP contribution in [0.4, 0.5) is 10.8 Å². The zero-order valence-electron chi connectivity index (χ0n) is 13.5. The molecular weight excluding hydrogens is 356 g/mol. The molecule has 1 aliphatic heterocycles. The molecule has 2 aromatic carbocycles. The SMILES string of the molecule is CNS(=O)(=O)c1ccc2c(c1)N(c1nc(-c3ccccc3)ns1)CC2. The van der Waals surface area contributed by atoms with Crippen molar-refractivity contribution in [3.8, 4) is 11.4 Å². The highest BCUT2D eigenvalue weighted by Gasteiger charge is 2.25. The molecular formula is C17H16N4O2S2. The number of sulfonamides is 1. The van der Waals surface area contributed by atoms with Crippen molar-refractivity contribution in [2.75, 3.05) is 18.5 Å². The average molecular weight is 372 g/mol. The fraction of sp³-hybridized carbons (Fsp3) is 0.176. The maximum absolute atomic E-state index is 12.1. The average Bonchev–Trinajstić information content (AvgIpc) is 3.28. The largest absolute Gasteiger partial charge is 0.316 e. The third kappa shape index (κ3) is 2.92. The van der Waals surface area contributed by atoms with Crippen LogP contribution >= 0.6 is 11.5 Å². The van der Waals surface area contributed by atoms with E-state index in [1.165, 1.54) is 18.6 Å². The standard InChI is InChI=1S/C17H16N4O2S2/c1-18-25(22,23)14-8-7-12-9-10-21(15(12)11-14)17-19-16(20-24-17)13-5-3-2-4-6-13/h2-8,11,18H,9-10H2,1H3. The Labute approximate surface area is 150 Å². The van der Waals surface area contributed by atoms with Gasteiger partial charge in [-0.1, -0.05) is 36.4 Å². The number of nitrogens with zero attached hydrogens (tertiary/aromatic N) is 3. The molecule has 3 aromatic rings. The van der Waals surface area contributed by atoms with Gasteiger partial charge in [0.15, 0.2) is 5.82 Å². The van der Waals surface area contributed by atoms with E-state index in [-0.39, 0.29) is 4.90 Å². The maximum Gasteiger partial charge on any atom is 0.240 e. The number of aromatic nitrogens is 2. The molecule has 0 amide bonds. The Morgan fingerprint density at radius 2 is 1.96 bits per heavy atom.